The van der Waals surface area contributed by atoms with E-state index in [0.717, 1.165) is 5.56 Å². The van der Waals surface area contributed by atoms with E-state index in [1.54, 1.807) is 22.9 Å². The summed E-state index contributed by atoms with van der Waals surface area (Å²) in [5.74, 6) is 0.471. The van der Waals surface area contributed by atoms with Gasteiger partial charge in [-0.05, 0) is 36.8 Å². The Morgan fingerprint density at radius 2 is 2.16 bits per heavy atom. The van der Waals surface area contributed by atoms with Crippen LogP contribution in [0.3, 0.4) is 0 Å². The third kappa shape index (κ3) is 1.98. The molecule has 0 aliphatic carbocycles. The monoisotopic (exact) mass is 275 g/mol. The lowest BCUT2D eigenvalue weighted by Crippen LogP contribution is -2.03. The van der Waals surface area contributed by atoms with Gasteiger partial charge in [0.05, 0.1) is 11.6 Å². The van der Waals surface area contributed by atoms with Gasteiger partial charge in [-0.25, -0.2) is 14.4 Å². The van der Waals surface area contributed by atoms with E-state index in [1.807, 2.05) is 19.1 Å². The predicted molar refractivity (Wildman–Crippen MR) is 73.1 cm³/mol. The third-order valence-electron chi connectivity index (χ3n) is 2.95. The Balaban J connectivity index is 2.34. The van der Waals surface area contributed by atoms with E-state index < -0.39 is 0 Å². The Bertz CT molecular complexity index is 752. The molecule has 0 spiro atoms. The molecule has 0 aliphatic rings. The maximum Gasteiger partial charge on any atom is 0.164 e. The summed E-state index contributed by atoms with van der Waals surface area (Å²) < 4.78 is 15.8. The van der Waals surface area contributed by atoms with Crippen LogP contribution in [0.4, 0.5) is 4.39 Å². The fourth-order valence-corrected chi connectivity index (χ4v) is 2.27. The Morgan fingerprint density at radius 3 is 2.89 bits per heavy atom. The zero-order chi connectivity index (χ0) is 13.4. The van der Waals surface area contributed by atoms with Crippen LogP contribution in [0.25, 0.3) is 16.9 Å². The van der Waals surface area contributed by atoms with Gasteiger partial charge in [-0.3, -0.25) is 4.57 Å². The highest BCUT2D eigenvalue weighted by Crippen LogP contribution is 2.23. The van der Waals surface area contributed by atoms with Gasteiger partial charge in [0.1, 0.15) is 17.2 Å². The first-order valence-corrected chi connectivity index (χ1v) is 6.39. The summed E-state index contributed by atoms with van der Waals surface area (Å²) in [5, 5.41) is 0. The number of alkyl halides is 1. The molecule has 0 atom stereocenters. The van der Waals surface area contributed by atoms with E-state index in [-0.39, 0.29) is 11.7 Å². The highest BCUT2D eigenvalue weighted by molar-refractivity contribution is 6.16. The Morgan fingerprint density at radius 1 is 1.32 bits per heavy atom. The van der Waals surface area contributed by atoms with Crippen LogP contribution in [-0.4, -0.2) is 14.5 Å². The van der Waals surface area contributed by atoms with Crippen LogP contribution in [-0.2, 0) is 5.88 Å². The highest BCUT2D eigenvalue weighted by Gasteiger charge is 2.15. The van der Waals surface area contributed by atoms with E-state index >= 15 is 0 Å². The number of nitrogens with zero attached hydrogens (tertiary/aromatic N) is 3. The second-order valence-electron chi connectivity index (χ2n) is 4.30. The lowest BCUT2D eigenvalue weighted by molar-refractivity contribution is 0.616. The molecule has 3 nitrogen and oxygen atoms in total. The molecule has 0 bridgehead atoms. The van der Waals surface area contributed by atoms with Crippen molar-refractivity contribution in [2.24, 2.45) is 0 Å². The van der Waals surface area contributed by atoms with Crippen LogP contribution >= 0.6 is 11.6 Å². The molecular formula is C14H11ClFN3. The van der Waals surface area contributed by atoms with Crippen LogP contribution in [0.2, 0.25) is 0 Å². The van der Waals surface area contributed by atoms with Gasteiger partial charge in [0.2, 0.25) is 0 Å². The van der Waals surface area contributed by atoms with E-state index in [4.69, 9.17) is 11.6 Å². The maximum atomic E-state index is 14.1. The molecule has 0 unspecified atom stereocenters. The zero-order valence-electron chi connectivity index (χ0n) is 10.3. The minimum Gasteiger partial charge on any atom is -0.277 e. The average molecular weight is 276 g/mol. The number of imidazole rings is 1. The van der Waals surface area contributed by atoms with E-state index in [0.29, 0.717) is 22.7 Å². The first kappa shape index (κ1) is 12.1. The number of hydrogen-bond acceptors (Lipinski definition) is 2. The average Bonchev–Trinajstić information content (AvgIpc) is 2.77. The largest absolute Gasteiger partial charge is 0.277 e. The first-order chi connectivity index (χ1) is 9.20. The quantitative estimate of drug-likeness (QED) is 0.669. The third-order valence-corrected chi connectivity index (χ3v) is 3.19. The smallest absolute Gasteiger partial charge is 0.164 e. The van der Waals surface area contributed by atoms with E-state index in [9.17, 15) is 4.39 Å². The lowest BCUT2D eigenvalue weighted by atomic mass is 10.2. The summed E-state index contributed by atoms with van der Waals surface area (Å²) in [6, 6.07) is 8.69. The standard InChI is InChI=1S/C14H11ClFN3/c1-9-4-5-12(10(16)7-9)19-13(8-15)18-11-3-2-6-17-14(11)19/h2-7H,8H2,1H3. The molecule has 96 valence electrons. The van der Waals surface area contributed by atoms with Crippen molar-refractivity contribution in [3.05, 3.63) is 53.7 Å². The van der Waals surface area contributed by atoms with Gasteiger partial charge >= 0.3 is 0 Å². The molecule has 0 aliphatic heterocycles. The van der Waals surface area contributed by atoms with Gasteiger partial charge in [-0.15, -0.1) is 11.6 Å². The van der Waals surface area contributed by atoms with Crippen molar-refractivity contribution in [3.63, 3.8) is 0 Å². The molecule has 0 fully saturated rings. The van der Waals surface area contributed by atoms with Crippen LogP contribution < -0.4 is 0 Å². The first-order valence-electron chi connectivity index (χ1n) is 5.85. The summed E-state index contributed by atoms with van der Waals surface area (Å²) in [4.78, 5) is 8.64. The van der Waals surface area contributed by atoms with Gasteiger partial charge in [0, 0.05) is 6.20 Å². The van der Waals surface area contributed by atoms with Crippen molar-refractivity contribution in [1.29, 1.82) is 0 Å². The van der Waals surface area contributed by atoms with Crippen molar-refractivity contribution >= 4 is 22.8 Å². The summed E-state index contributed by atoms with van der Waals surface area (Å²) in [6.07, 6.45) is 1.66. The minimum atomic E-state index is -0.309. The van der Waals surface area contributed by atoms with Crippen molar-refractivity contribution in [1.82, 2.24) is 14.5 Å². The Kier molecular flexibility index (Phi) is 2.95. The fourth-order valence-electron chi connectivity index (χ4n) is 2.10. The van der Waals surface area contributed by atoms with Crippen molar-refractivity contribution in [2.75, 3.05) is 0 Å². The van der Waals surface area contributed by atoms with Gasteiger partial charge in [-0.2, -0.15) is 0 Å². The molecule has 19 heavy (non-hydrogen) atoms. The van der Waals surface area contributed by atoms with Crippen molar-refractivity contribution in [2.45, 2.75) is 12.8 Å². The number of aryl methyl sites for hydroxylation is 1. The molecule has 3 rings (SSSR count). The Labute approximate surface area is 114 Å². The summed E-state index contributed by atoms with van der Waals surface area (Å²) in [5.41, 5.74) is 2.60. The molecule has 0 saturated carbocycles. The molecule has 0 saturated heterocycles. The predicted octanol–water partition coefficient (Wildman–Crippen LogP) is 3.61. The maximum absolute atomic E-state index is 14.1. The molecule has 2 heterocycles. The molecule has 3 aromatic rings. The number of rotatable bonds is 2. The van der Waals surface area contributed by atoms with Gasteiger partial charge in [0.25, 0.3) is 0 Å². The molecule has 2 aromatic heterocycles. The van der Waals surface area contributed by atoms with Crippen LogP contribution in [0.5, 0.6) is 0 Å². The summed E-state index contributed by atoms with van der Waals surface area (Å²) >= 11 is 5.90. The normalized spacial score (nSPS) is 11.1. The van der Waals surface area contributed by atoms with Gasteiger partial charge in [-0.1, -0.05) is 6.07 Å². The number of hydrogen-bond donors (Lipinski definition) is 0. The van der Waals surface area contributed by atoms with Crippen LogP contribution in [0.1, 0.15) is 11.4 Å². The van der Waals surface area contributed by atoms with Crippen LogP contribution in [0, 0.1) is 12.7 Å². The number of halogens is 2. The second-order valence-corrected chi connectivity index (χ2v) is 4.57. The number of aromatic nitrogens is 3. The molecule has 0 radical (unpaired) electrons. The zero-order valence-corrected chi connectivity index (χ0v) is 11.0. The van der Waals surface area contributed by atoms with Gasteiger partial charge < -0.3 is 0 Å². The number of benzene rings is 1. The lowest BCUT2D eigenvalue weighted by Gasteiger charge is -2.08. The Hall–Kier alpha value is -1.94. The molecule has 5 heteroatoms. The van der Waals surface area contributed by atoms with E-state index in [2.05, 4.69) is 9.97 Å². The molecule has 1 aromatic carbocycles. The number of fused-ring (bicyclic) bond motifs is 1. The molecule has 0 amide bonds. The SMILES string of the molecule is Cc1ccc(-n2c(CCl)nc3cccnc32)c(F)c1. The summed E-state index contributed by atoms with van der Waals surface area (Å²) in [7, 11) is 0. The number of pyridine rings is 1. The minimum absolute atomic E-state index is 0.198. The highest BCUT2D eigenvalue weighted by atomic mass is 35.5. The fraction of sp³-hybridized carbons (Fsp3) is 0.143. The topological polar surface area (TPSA) is 30.7 Å². The van der Waals surface area contributed by atoms with Crippen molar-refractivity contribution in [3.8, 4) is 5.69 Å². The van der Waals surface area contributed by atoms with Gasteiger partial charge in [0.15, 0.2) is 5.65 Å². The second kappa shape index (κ2) is 4.63. The molecule has 0 N–H and O–H groups in total. The van der Waals surface area contributed by atoms with E-state index in [1.165, 1.54) is 6.07 Å². The summed E-state index contributed by atoms with van der Waals surface area (Å²) in [6.45, 7) is 1.85. The van der Waals surface area contributed by atoms with Crippen LogP contribution in [0.15, 0.2) is 36.5 Å². The van der Waals surface area contributed by atoms with Crippen molar-refractivity contribution < 1.29 is 4.39 Å². The molecular weight excluding hydrogens is 265 g/mol.